The number of amides is 1. The molecule has 6 nitrogen and oxygen atoms in total. The summed E-state index contributed by atoms with van der Waals surface area (Å²) in [6.07, 6.45) is -0.461. The van der Waals surface area contributed by atoms with Gasteiger partial charge in [0.1, 0.15) is 0 Å². The van der Waals surface area contributed by atoms with Gasteiger partial charge < -0.3 is 9.88 Å². The maximum absolute atomic E-state index is 13.0. The molecule has 158 valence electrons. The van der Waals surface area contributed by atoms with Crippen LogP contribution in [0.15, 0.2) is 47.9 Å². The lowest BCUT2D eigenvalue weighted by Gasteiger charge is -2.12. The number of halogens is 4. The summed E-state index contributed by atoms with van der Waals surface area (Å²) < 4.78 is 40.8. The molecule has 0 saturated heterocycles. The maximum atomic E-state index is 13.0. The van der Waals surface area contributed by atoms with E-state index in [2.05, 4.69) is 20.5 Å². The average Bonchev–Trinajstić information content (AvgIpc) is 3.10. The number of hydrogen-bond acceptors (Lipinski definition) is 5. The largest absolute Gasteiger partial charge is 0.417 e. The molecule has 0 radical (unpaired) electrons. The first-order chi connectivity index (χ1) is 14.3. The standard InChI is InChI=1S/C19H17ClF3N5OS/c1-2-9-28-17(12-5-7-24-8-6-12)26-27-18(28)30-11-16(29)25-13-3-4-15(20)14(10-13)19(21,22)23/h3-8,10H,2,9,11H2,1H3,(H,25,29). The van der Waals surface area contributed by atoms with Crippen LogP contribution in [-0.4, -0.2) is 31.4 Å². The molecule has 0 aliphatic heterocycles. The number of carbonyl (C=O) groups excluding carboxylic acids is 1. The van der Waals surface area contributed by atoms with Crippen LogP contribution in [0.25, 0.3) is 11.4 Å². The van der Waals surface area contributed by atoms with Crippen molar-refractivity contribution in [2.75, 3.05) is 11.1 Å². The van der Waals surface area contributed by atoms with Gasteiger partial charge in [-0.2, -0.15) is 13.2 Å². The molecule has 0 atom stereocenters. The summed E-state index contributed by atoms with van der Waals surface area (Å²) in [7, 11) is 0. The van der Waals surface area contributed by atoms with Gasteiger partial charge >= 0.3 is 6.18 Å². The zero-order valence-corrected chi connectivity index (χ0v) is 17.4. The van der Waals surface area contributed by atoms with Crippen molar-refractivity contribution in [1.29, 1.82) is 0 Å². The van der Waals surface area contributed by atoms with Gasteiger partial charge in [0.25, 0.3) is 0 Å². The van der Waals surface area contributed by atoms with Crippen LogP contribution in [0, 0.1) is 0 Å². The van der Waals surface area contributed by atoms with E-state index in [0.29, 0.717) is 17.5 Å². The first-order valence-electron chi connectivity index (χ1n) is 8.92. The van der Waals surface area contributed by atoms with Gasteiger partial charge in [-0.15, -0.1) is 10.2 Å². The highest BCUT2D eigenvalue weighted by molar-refractivity contribution is 7.99. The summed E-state index contributed by atoms with van der Waals surface area (Å²) >= 11 is 6.76. The van der Waals surface area contributed by atoms with E-state index in [-0.39, 0.29) is 11.4 Å². The lowest BCUT2D eigenvalue weighted by Crippen LogP contribution is -2.16. The third-order valence-electron chi connectivity index (χ3n) is 3.99. The maximum Gasteiger partial charge on any atom is 0.417 e. The van der Waals surface area contributed by atoms with Crippen LogP contribution in [0.3, 0.4) is 0 Å². The summed E-state index contributed by atoms with van der Waals surface area (Å²) in [4.78, 5) is 16.3. The molecule has 0 spiro atoms. The first-order valence-corrected chi connectivity index (χ1v) is 10.3. The SMILES string of the molecule is CCCn1c(SCC(=O)Nc2ccc(Cl)c(C(F)(F)F)c2)nnc1-c1ccncc1. The Kier molecular flexibility index (Phi) is 6.99. The molecule has 2 aromatic heterocycles. The quantitative estimate of drug-likeness (QED) is 0.498. The van der Waals surface area contributed by atoms with E-state index in [1.165, 1.54) is 6.07 Å². The molecular formula is C19H17ClF3N5OS. The van der Waals surface area contributed by atoms with E-state index in [1.807, 2.05) is 23.6 Å². The molecule has 2 heterocycles. The van der Waals surface area contributed by atoms with Crippen LogP contribution in [0.4, 0.5) is 18.9 Å². The number of rotatable bonds is 7. The summed E-state index contributed by atoms with van der Waals surface area (Å²) in [5, 5.41) is 10.9. The highest BCUT2D eigenvalue weighted by Crippen LogP contribution is 2.36. The van der Waals surface area contributed by atoms with E-state index < -0.39 is 22.7 Å². The molecule has 30 heavy (non-hydrogen) atoms. The number of benzene rings is 1. The molecule has 0 saturated carbocycles. The summed E-state index contributed by atoms with van der Waals surface area (Å²) in [5.41, 5.74) is -0.132. The van der Waals surface area contributed by atoms with Crippen molar-refractivity contribution < 1.29 is 18.0 Å². The number of carbonyl (C=O) groups is 1. The van der Waals surface area contributed by atoms with Gasteiger partial charge in [-0.05, 0) is 36.8 Å². The van der Waals surface area contributed by atoms with E-state index in [1.54, 1.807) is 12.4 Å². The summed E-state index contributed by atoms with van der Waals surface area (Å²) in [6, 6.07) is 6.87. The van der Waals surface area contributed by atoms with E-state index in [4.69, 9.17) is 11.6 Å². The van der Waals surface area contributed by atoms with Gasteiger partial charge in [0, 0.05) is 30.2 Å². The fourth-order valence-corrected chi connectivity index (χ4v) is 3.67. The molecule has 3 aromatic rings. The minimum atomic E-state index is -4.60. The number of nitrogens with one attached hydrogen (secondary N) is 1. The van der Waals surface area contributed by atoms with Crippen molar-refractivity contribution in [2.24, 2.45) is 0 Å². The van der Waals surface area contributed by atoms with Crippen LogP contribution in [0.1, 0.15) is 18.9 Å². The molecule has 3 rings (SSSR count). The zero-order valence-electron chi connectivity index (χ0n) is 15.8. The minimum Gasteiger partial charge on any atom is -0.325 e. The zero-order chi connectivity index (χ0) is 21.7. The Morgan fingerprint density at radius 2 is 1.93 bits per heavy atom. The topological polar surface area (TPSA) is 72.7 Å². The molecule has 0 aliphatic rings. The van der Waals surface area contributed by atoms with Crippen LogP contribution in [0.2, 0.25) is 5.02 Å². The molecule has 0 unspecified atom stereocenters. The summed E-state index contributed by atoms with van der Waals surface area (Å²) in [5.74, 6) is 0.156. The van der Waals surface area contributed by atoms with E-state index >= 15 is 0 Å². The van der Waals surface area contributed by atoms with Crippen molar-refractivity contribution in [2.45, 2.75) is 31.2 Å². The minimum absolute atomic E-state index is 0.0184. The fourth-order valence-electron chi connectivity index (χ4n) is 2.68. The lowest BCUT2D eigenvalue weighted by atomic mass is 10.2. The Morgan fingerprint density at radius 1 is 1.20 bits per heavy atom. The Morgan fingerprint density at radius 3 is 2.60 bits per heavy atom. The van der Waals surface area contributed by atoms with Crippen LogP contribution < -0.4 is 5.32 Å². The fraction of sp³-hybridized carbons (Fsp3) is 0.263. The van der Waals surface area contributed by atoms with Crippen LogP contribution in [0.5, 0.6) is 0 Å². The third-order valence-corrected chi connectivity index (χ3v) is 5.29. The number of thioether (sulfide) groups is 1. The van der Waals surface area contributed by atoms with Gasteiger partial charge in [0.15, 0.2) is 11.0 Å². The van der Waals surface area contributed by atoms with Gasteiger partial charge in [-0.3, -0.25) is 9.78 Å². The third kappa shape index (κ3) is 5.31. The van der Waals surface area contributed by atoms with Crippen LogP contribution in [-0.2, 0) is 17.5 Å². The van der Waals surface area contributed by atoms with E-state index in [9.17, 15) is 18.0 Å². The van der Waals surface area contributed by atoms with Gasteiger partial charge in [0.2, 0.25) is 5.91 Å². The second kappa shape index (κ2) is 9.48. The number of anilines is 1. The van der Waals surface area contributed by atoms with Crippen molar-refractivity contribution in [3.8, 4) is 11.4 Å². The van der Waals surface area contributed by atoms with Gasteiger partial charge in [-0.25, -0.2) is 0 Å². The molecule has 0 bridgehead atoms. The molecule has 11 heteroatoms. The predicted octanol–water partition coefficient (Wildman–Crippen LogP) is 5.15. The smallest absolute Gasteiger partial charge is 0.325 e. The number of pyridine rings is 1. The lowest BCUT2D eigenvalue weighted by molar-refractivity contribution is -0.137. The molecule has 0 aliphatic carbocycles. The highest BCUT2D eigenvalue weighted by atomic mass is 35.5. The van der Waals surface area contributed by atoms with Crippen molar-refractivity contribution in [1.82, 2.24) is 19.7 Å². The number of aromatic nitrogens is 4. The Balaban J connectivity index is 1.70. The molecular weight excluding hydrogens is 439 g/mol. The molecule has 1 N–H and O–H groups in total. The van der Waals surface area contributed by atoms with Crippen molar-refractivity contribution in [3.05, 3.63) is 53.3 Å². The Labute approximate surface area is 179 Å². The van der Waals surface area contributed by atoms with Crippen LogP contribution >= 0.6 is 23.4 Å². The van der Waals surface area contributed by atoms with Gasteiger partial charge in [-0.1, -0.05) is 30.3 Å². The van der Waals surface area contributed by atoms with Crippen molar-refractivity contribution in [3.63, 3.8) is 0 Å². The highest BCUT2D eigenvalue weighted by Gasteiger charge is 2.33. The number of nitrogens with zero attached hydrogens (tertiary/aromatic N) is 4. The summed E-state index contributed by atoms with van der Waals surface area (Å²) in [6.45, 7) is 2.66. The molecule has 0 fully saturated rings. The Bertz CT molecular complexity index is 1030. The second-order valence-electron chi connectivity index (χ2n) is 6.22. The van der Waals surface area contributed by atoms with E-state index in [0.717, 1.165) is 35.9 Å². The predicted molar refractivity (Wildman–Crippen MR) is 109 cm³/mol. The van der Waals surface area contributed by atoms with Crippen molar-refractivity contribution >= 4 is 35.0 Å². The van der Waals surface area contributed by atoms with Gasteiger partial charge in [0.05, 0.1) is 16.3 Å². The monoisotopic (exact) mass is 455 g/mol. The molecule has 1 aromatic carbocycles. The Hall–Kier alpha value is -2.59. The molecule has 1 amide bonds. The number of hydrogen-bond donors (Lipinski definition) is 1. The second-order valence-corrected chi connectivity index (χ2v) is 7.57. The number of alkyl halides is 3. The average molecular weight is 456 g/mol. The first kappa shape index (κ1) is 22.1. The normalized spacial score (nSPS) is 11.5.